The molecule has 3 aromatic rings. The molecule has 0 fully saturated rings. The minimum atomic E-state index is -4.79. The summed E-state index contributed by atoms with van der Waals surface area (Å²) in [5.41, 5.74) is 4.46. The summed E-state index contributed by atoms with van der Waals surface area (Å²) in [7, 11) is 0. The number of amides is 1. The van der Waals surface area contributed by atoms with Crippen molar-refractivity contribution in [1.29, 1.82) is 0 Å². The lowest BCUT2D eigenvalue weighted by Gasteiger charge is -2.21. The lowest BCUT2D eigenvalue weighted by Crippen LogP contribution is -2.32. The van der Waals surface area contributed by atoms with Crippen LogP contribution in [-0.2, 0) is 6.54 Å². The van der Waals surface area contributed by atoms with Crippen molar-refractivity contribution in [3.8, 4) is 17.0 Å². The molecule has 0 unspecified atom stereocenters. The number of ether oxygens (including phenoxy) is 1. The van der Waals surface area contributed by atoms with E-state index < -0.39 is 46.8 Å². The molecular formula is C22H16Cl2F5N3O2. The number of nitrogens with one attached hydrogen (secondary N) is 1. The summed E-state index contributed by atoms with van der Waals surface area (Å²) in [6.45, 7) is 0.637. The molecule has 1 heterocycles. The van der Waals surface area contributed by atoms with Crippen LogP contribution in [0.15, 0.2) is 42.5 Å². The van der Waals surface area contributed by atoms with Crippen molar-refractivity contribution in [3.63, 3.8) is 0 Å². The van der Waals surface area contributed by atoms with Crippen molar-refractivity contribution in [3.05, 3.63) is 75.4 Å². The van der Waals surface area contributed by atoms with Gasteiger partial charge in [-0.15, -0.1) is 0 Å². The van der Waals surface area contributed by atoms with Gasteiger partial charge in [0, 0.05) is 12.1 Å². The second-order valence-corrected chi connectivity index (χ2v) is 7.82. The fraction of sp³-hybridized carbons (Fsp3) is 0.182. The van der Waals surface area contributed by atoms with Crippen LogP contribution in [0.1, 0.15) is 23.0 Å². The lowest BCUT2D eigenvalue weighted by atomic mass is 10.0. The van der Waals surface area contributed by atoms with Crippen molar-refractivity contribution in [2.45, 2.75) is 25.7 Å². The average Bonchev–Trinajstić information content (AvgIpc) is 2.77. The second-order valence-electron chi connectivity index (χ2n) is 7.01. The Morgan fingerprint density at radius 2 is 1.82 bits per heavy atom. The molecule has 3 N–H and O–H groups in total. The minimum Gasteiger partial charge on any atom is -0.480 e. The van der Waals surface area contributed by atoms with Gasteiger partial charge >= 0.3 is 6.18 Å². The molecule has 1 amide bonds. The number of hydrogen-bond donors (Lipinski definition) is 2. The maximum atomic E-state index is 15.0. The zero-order valence-corrected chi connectivity index (χ0v) is 18.8. The molecular weight excluding hydrogens is 504 g/mol. The van der Waals surface area contributed by atoms with Gasteiger partial charge in [0.1, 0.15) is 17.4 Å². The Bertz CT molecular complexity index is 1220. The number of carbonyl (C=O) groups is 1. The molecule has 0 saturated heterocycles. The van der Waals surface area contributed by atoms with E-state index in [2.05, 4.69) is 10.3 Å². The Hall–Kier alpha value is -2.95. The fourth-order valence-corrected chi connectivity index (χ4v) is 3.25. The molecule has 0 aliphatic heterocycles. The van der Waals surface area contributed by atoms with E-state index in [-0.39, 0.29) is 33.5 Å². The molecule has 34 heavy (non-hydrogen) atoms. The van der Waals surface area contributed by atoms with Crippen molar-refractivity contribution in [2.75, 3.05) is 5.32 Å². The van der Waals surface area contributed by atoms with Gasteiger partial charge in [0.2, 0.25) is 0 Å². The number of rotatable bonds is 6. The van der Waals surface area contributed by atoms with Crippen LogP contribution in [0.3, 0.4) is 0 Å². The number of nitrogens with zero attached hydrogens (tertiary/aromatic N) is 1. The van der Waals surface area contributed by atoms with Gasteiger partial charge in [-0.2, -0.15) is 13.2 Å². The topological polar surface area (TPSA) is 77.2 Å². The van der Waals surface area contributed by atoms with Gasteiger partial charge < -0.3 is 15.8 Å². The normalized spacial score (nSPS) is 12.4. The molecule has 0 saturated carbocycles. The molecule has 1 aromatic heterocycles. The summed E-state index contributed by atoms with van der Waals surface area (Å²) in [6.07, 6.45) is -7.14. The number of pyridine rings is 1. The number of nitrogens with two attached hydrogens (primary N) is 1. The van der Waals surface area contributed by atoms with Gasteiger partial charge in [0.05, 0.1) is 32.7 Å². The zero-order valence-electron chi connectivity index (χ0n) is 17.3. The minimum absolute atomic E-state index is 0.00373. The van der Waals surface area contributed by atoms with E-state index in [0.29, 0.717) is 13.0 Å². The van der Waals surface area contributed by atoms with Crippen LogP contribution in [0.4, 0.5) is 27.6 Å². The fourth-order valence-electron chi connectivity index (χ4n) is 2.86. The van der Waals surface area contributed by atoms with Gasteiger partial charge in [-0.1, -0.05) is 29.3 Å². The van der Waals surface area contributed by atoms with Crippen LogP contribution in [0.2, 0.25) is 10.0 Å². The van der Waals surface area contributed by atoms with E-state index in [1.54, 1.807) is 0 Å². The number of halogens is 7. The molecule has 180 valence electrons. The van der Waals surface area contributed by atoms with Gasteiger partial charge in [0.15, 0.2) is 6.10 Å². The first kappa shape index (κ1) is 25.7. The second kappa shape index (κ2) is 10.1. The monoisotopic (exact) mass is 519 g/mol. The summed E-state index contributed by atoms with van der Waals surface area (Å²) in [4.78, 5) is 16.9. The van der Waals surface area contributed by atoms with E-state index in [1.165, 1.54) is 24.3 Å². The third-order valence-electron chi connectivity index (χ3n) is 4.67. The molecule has 0 radical (unpaired) electrons. The number of aromatic nitrogens is 1. The Morgan fingerprint density at radius 3 is 2.44 bits per heavy atom. The molecule has 1 atom stereocenters. The highest BCUT2D eigenvalue weighted by Crippen LogP contribution is 2.35. The standard InChI is InChI=1S/C22H16Cl2F5N3O2/c1-10(22(27,28)29)34-19-8-11(17-6-5-13(23)18(9-30)31-17)16(26)7-12(19)21(33)32-20-14(24)3-2-4-15(20)25/h2-8,10H,9,30H2,1H3,(H,32,33)/t10-/m0/s1. The first-order valence-corrected chi connectivity index (χ1v) is 10.4. The summed E-state index contributed by atoms with van der Waals surface area (Å²) in [6, 6.07) is 7.86. The van der Waals surface area contributed by atoms with Gasteiger partial charge in [-0.3, -0.25) is 4.79 Å². The van der Waals surface area contributed by atoms with Crippen LogP contribution in [0.25, 0.3) is 11.3 Å². The Kier molecular flexibility index (Phi) is 7.64. The van der Waals surface area contributed by atoms with Crippen LogP contribution in [0.5, 0.6) is 5.75 Å². The summed E-state index contributed by atoms with van der Waals surface area (Å²) in [5, 5.41) is 2.18. The molecule has 0 bridgehead atoms. The summed E-state index contributed by atoms with van der Waals surface area (Å²) in [5.74, 6) is -3.66. The van der Waals surface area contributed by atoms with Crippen LogP contribution >= 0.6 is 23.2 Å². The zero-order chi connectivity index (χ0) is 25.2. The number of hydrogen-bond acceptors (Lipinski definition) is 4. The Morgan fingerprint density at radius 1 is 1.12 bits per heavy atom. The van der Waals surface area contributed by atoms with Crippen LogP contribution in [-0.4, -0.2) is 23.2 Å². The van der Waals surface area contributed by atoms with Crippen molar-refractivity contribution in [1.82, 2.24) is 4.98 Å². The first-order chi connectivity index (χ1) is 15.9. The van der Waals surface area contributed by atoms with Crippen LogP contribution < -0.4 is 15.8 Å². The van der Waals surface area contributed by atoms with E-state index in [0.717, 1.165) is 12.1 Å². The highest BCUT2D eigenvalue weighted by atomic mass is 35.5. The average molecular weight is 520 g/mol. The molecule has 0 aliphatic carbocycles. The van der Waals surface area contributed by atoms with E-state index in [4.69, 9.17) is 33.7 Å². The number of anilines is 1. The number of alkyl halides is 3. The lowest BCUT2D eigenvalue weighted by molar-refractivity contribution is -0.189. The molecule has 0 aliphatic rings. The molecule has 0 spiro atoms. The first-order valence-electron chi connectivity index (χ1n) is 9.60. The number of benzene rings is 2. The predicted molar refractivity (Wildman–Crippen MR) is 118 cm³/mol. The quantitative estimate of drug-likeness (QED) is 0.370. The maximum absolute atomic E-state index is 15.0. The highest BCUT2D eigenvalue weighted by Gasteiger charge is 2.39. The largest absolute Gasteiger partial charge is 0.480 e. The van der Waals surface area contributed by atoms with Gasteiger partial charge in [-0.25, -0.2) is 13.8 Å². The smallest absolute Gasteiger partial charge is 0.425 e. The van der Waals surface area contributed by atoms with Crippen LogP contribution in [0, 0.1) is 11.6 Å². The van der Waals surface area contributed by atoms with E-state index in [1.807, 2.05) is 0 Å². The van der Waals surface area contributed by atoms with Crippen molar-refractivity contribution >= 4 is 34.8 Å². The Balaban J connectivity index is 2.11. The number of carbonyl (C=O) groups excluding carboxylic acids is 1. The van der Waals surface area contributed by atoms with E-state index >= 15 is 4.39 Å². The van der Waals surface area contributed by atoms with Crippen molar-refractivity contribution < 1.29 is 31.5 Å². The highest BCUT2D eigenvalue weighted by molar-refractivity contribution is 6.34. The SMILES string of the molecule is C[C@H](Oc1cc(-c2ccc(Cl)c(CN)n2)c(F)cc1C(=O)Nc1c(F)cccc1Cl)C(F)(F)F. The summed E-state index contributed by atoms with van der Waals surface area (Å²) < 4.78 is 73.5. The summed E-state index contributed by atoms with van der Waals surface area (Å²) >= 11 is 11.8. The predicted octanol–water partition coefficient (Wildman–Crippen LogP) is 6.37. The number of para-hydroxylation sites is 1. The molecule has 12 heteroatoms. The third kappa shape index (κ3) is 5.57. The molecule has 2 aromatic carbocycles. The molecule has 3 rings (SSSR count). The van der Waals surface area contributed by atoms with E-state index in [9.17, 15) is 22.4 Å². The van der Waals surface area contributed by atoms with Crippen molar-refractivity contribution in [2.24, 2.45) is 5.73 Å². The molecule has 5 nitrogen and oxygen atoms in total. The Labute approximate surface area is 200 Å². The van der Waals surface area contributed by atoms with Gasteiger partial charge in [-0.05, 0) is 43.3 Å². The third-order valence-corrected chi connectivity index (χ3v) is 5.33. The van der Waals surface area contributed by atoms with Gasteiger partial charge in [0.25, 0.3) is 5.91 Å². The maximum Gasteiger partial charge on any atom is 0.425 e.